The molecule has 0 aliphatic carbocycles. The third-order valence-electron chi connectivity index (χ3n) is 4.26. The molecule has 0 radical (unpaired) electrons. The number of benzene rings is 1. The first-order valence-electron chi connectivity index (χ1n) is 7.63. The molecule has 2 aliphatic heterocycles. The molecule has 1 aromatic rings. The van der Waals surface area contributed by atoms with Gasteiger partial charge >= 0.3 is 0 Å². The Kier molecular flexibility index (Phi) is 4.20. The van der Waals surface area contributed by atoms with Crippen molar-refractivity contribution in [2.45, 2.75) is 37.6 Å². The van der Waals surface area contributed by atoms with Gasteiger partial charge in [0.05, 0.1) is 0 Å². The number of imide groups is 1. The Morgan fingerprint density at radius 1 is 1.10 bits per heavy atom. The molecule has 2 unspecified atom stereocenters. The minimum atomic E-state index is -0.315. The summed E-state index contributed by atoms with van der Waals surface area (Å²) in [5.41, 5.74) is 2.27. The smallest absolute Gasteiger partial charge is 0.249 e. The predicted molar refractivity (Wildman–Crippen MR) is 81.1 cm³/mol. The van der Waals surface area contributed by atoms with E-state index in [1.807, 2.05) is 12.1 Å². The van der Waals surface area contributed by atoms with Crippen molar-refractivity contribution in [1.82, 2.24) is 10.6 Å². The number of hydrogen-bond acceptors (Lipinski definition) is 4. The van der Waals surface area contributed by atoms with Gasteiger partial charge in [0, 0.05) is 18.7 Å². The lowest BCUT2D eigenvalue weighted by Crippen LogP contribution is -2.47. The molecule has 2 amide bonds. The largest absolute Gasteiger partial charge is 0.374 e. The Balaban J connectivity index is 1.61. The fourth-order valence-corrected chi connectivity index (χ4v) is 3.02. The number of piperidine rings is 2. The van der Waals surface area contributed by atoms with E-state index in [0.717, 1.165) is 18.8 Å². The summed E-state index contributed by atoms with van der Waals surface area (Å²) >= 11 is 0. The van der Waals surface area contributed by atoms with Crippen LogP contribution in [-0.2, 0) is 9.59 Å². The summed E-state index contributed by atoms with van der Waals surface area (Å²) in [4.78, 5) is 22.8. The van der Waals surface area contributed by atoms with Crippen molar-refractivity contribution in [1.29, 1.82) is 0 Å². The zero-order chi connectivity index (χ0) is 14.7. The van der Waals surface area contributed by atoms with Crippen molar-refractivity contribution in [3.8, 4) is 0 Å². The number of nitrogens with one attached hydrogen (secondary N) is 3. The van der Waals surface area contributed by atoms with Crippen LogP contribution in [0.15, 0.2) is 24.3 Å². The van der Waals surface area contributed by atoms with E-state index in [1.54, 1.807) is 0 Å². The summed E-state index contributed by atoms with van der Waals surface area (Å²) in [7, 11) is 0. The maximum absolute atomic E-state index is 11.7. The number of anilines is 1. The molecule has 2 aliphatic rings. The molecule has 2 saturated heterocycles. The molecule has 0 spiro atoms. The predicted octanol–water partition coefficient (Wildman–Crippen LogP) is 1.37. The first-order valence-corrected chi connectivity index (χ1v) is 7.63. The molecule has 2 fully saturated rings. The molecule has 2 heterocycles. The van der Waals surface area contributed by atoms with Gasteiger partial charge in [0.15, 0.2) is 0 Å². The van der Waals surface area contributed by atoms with Gasteiger partial charge in [0.25, 0.3) is 0 Å². The number of hydrogen-bond donors (Lipinski definition) is 3. The van der Waals surface area contributed by atoms with Crippen LogP contribution >= 0.6 is 0 Å². The summed E-state index contributed by atoms with van der Waals surface area (Å²) in [5, 5.41) is 8.99. The van der Waals surface area contributed by atoms with E-state index in [-0.39, 0.29) is 17.9 Å². The topological polar surface area (TPSA) is 70.2 Å². The van der Waals surface area contributed by atoms with Crippen molar-refractivity contribution in [2.24, 2.45) is 0 Å². The lowest BCUT2D eigenvalue weighted by molar-refractivity contribution is -0.133. The van der Waals surface area contributed by atoms with Gasteiger partial charge in [-0.1, -0.05) is 12.1 Å². The average Bonchev–Trinajstić information content (AvgIpc) is 2.52. The minimum Gasteiger partial charge on any atom is -0.374 e. The minimum absolute atomic E-state index is 0.182. The molecule has 5 heteroatoms. The van der Waals surface area contributed by atoms with Gasteiger partial charge in [-0.05, 0) is 49.4 Å². The highest BCUT2D eigenvalue weighted by molar-refractivity contribution is 6.01. The van der Waals surface area contributed by atoms with Crippen LogP contribution in [0.4, 0.5) is 5.69 Å². The highest BCUT2D eigenvalue weighted by Crippen LogP contribution is 2.24. The third-order valence-corrected chi connectivity index (χ3v) is 4.26. The quantitative estimate of drug-likeness (QED) is 0.734. The highest BCUT2D eigenvalue weighted by Gasteiger charge is 2.26. The number of rotatable bonds is 3. The van der Waals surface area contributed by atoms with E-state index in [2.05, 4.69) is 28.1 Å². The third kappa shape index (κ3) is 3.42. The Morgan fingerprint density at radius 2 is 1.90 bits per heavy atom. The van der Waals surface area contributed by atoms with E-state index in [4.69, 9.17) is 0 Å². The van der Waals surface area contributed by atoms with Gasteiger partial charge in [-0.15, -0.1) is 0 Å². The van der Waals surface area contributed by atoms with Crippen LogP contribution in [0, 0.1) is 0 Å². The van der Waals surface area contributed by atoms with Gasteiger partial charge in [0.2, 0.25) is 11.8 Å². The second-order valence-corrected chi connectivity index (χ2v) is 5.81. The van der Waals surface area contributed by atoms with Crippen LogP contribution in [0.5, 0.6) is 0 Å². The van der Waals surface area contributed by atoms with E-state index in [9.17, 15) is 9.59 Å². The van der Waals surface area contributed by atoms with E-state index in [1.165, 1.54) is 18.4 Å². The Morgan fingerprint density at radius 3 is 2.57 bits per heavy atom. The molecular formula is C16H21N3O2. The number of carbonyl (C=O) groups excluding carboxylic acids is 2. The van der Waals surface area contributed by atoms with Crippen molar-refractivity contribution in [2.75, 3.05) is 18.4 Å². The average molecular weight is 287 g/mol. The van der Waals surface area contributed by atoms with Gasteiger partial charge in [-0.3, -0.25) is 14.9 Å². The fourth-order valence-electron chi connectivity index (χ4n) is 3.02. The zero-order valence-electron chi connectivity index (χ0n) is 12.0. The van der Waals surface area contributed by atoms with Crippen molar-refractivity contribution < 1.29 is 9.59 Å². The standard InChI is InChI=1S/C16H21N3O2/c20-15-8-7-14(16(21)19-15)18-13-5-3-11(4-6-13)12-2-1-9-17-10-12/h3-6,12,14,17-18H,1-2,7-10H2,(H,19,20,21). The summed E-state index contributed by atoms with van der Waals surface area (Å²) in [6.07, 6.45) is 3.40. The van der Waals surface area contributed by atoms with Crippen LogP contribution in [0.2, 0.25) is 0 Å². The molecule has 0 aromatic heterocycles. The first-order chi connectivity index (χ1) is 10.2. The maximum Gasteiger partial charge on any atom is 0.249 e. The van der Waals surface area contributed by atoms with E-state index < -0.39 is 0 Å². The zero-order valence-corrected chi connectivity index (χ0v) is 12.0. The molecule has 1 aromatic carbocycles. The summed E-state index contributed by atoms with van der Waals surface area (Å²) in [6.45, 7) is 2.16. The molecule has 5 nitrogen and oxygen atoms in total. The van der Waals surface area contributed by atoms with Gasteiger partial charge in [-0.2, -0.15) is 0 Å². The molecule has 0 saturated carbocycles. The van der Waals surface area contributed by atoms with Gasteiger partial charge < -0.3 is 10.6 Å². The molecule has 2 atom stereocenters. The second kappa shape index (κ2) is 6.26. The first kappa shape index (κ1) is 14.1. The van der Waals surface area contributed by atoms with Crippen molar-refractivity contribution >= 4 is 17.5 Å². The summed E-state index contributed by atoms with van der Waals surface area (Å²) < 4.78 is 0. The van der Waals surface area contributed by atoms with Crippen LogP contribution in [-0.4, -0.2) is 30.9 Å². The maximum atomic E-state index is 11.7. The Labute approximate surface area is 124 Å². The van der Waals surface area contributed by atoms with E-state index >= 15 is 0 Å². The van der Waals surface area contributed by atoms with Crippen LogP contribution in [0.3, 0.4) is 0 Å². The number of carbonyl (C=O) groups is 2. The van der Waals surface area contributed by atoms with Crippen LogP contribution < -0.4 is 16.0 Å². The molecule has 3 N–H and O–H groups in total. The summed E-state index contributed by atoms with van der Waals surface area (Å²) in [5.74, 6) is 0.174. The molecule has 112 valence electrons. The van der Waals surface area contributed by atoms with Gasteiger partial charge in [0.1, 0.15) is 6.04 Å². The van der Waals surface area contributed by atoms with Crippen LogP contribution in [0.25, 0.3) is 0 Å². The Hall–Kier alpha value is -1.88. The fraction of sp³-hybridized carbons (Fsp3) is 0.500. The molecule has 3 rings (SSSR count). The van der Waals surface area contributed by atoms with Crippen molar-refractivity contribution in [3.05, 3.63) is 29.8 Å². The molecular weight excluding hydrogens is 266 g/mol. The highest BCUT2D eigenvalue weighted by atomic mass is 16.2. The SMILES string of the molecule is O=C1CCC(Nc2ccc(C3CCCNC3)cc2)C(=O)N1. The van der Waals surface area contributed by atoms with E-state index in [0.29, 0.717) is 18.8 Å². The molecule has 0 bridgehead atoms. The second-order valence-electron chi connectivity index (χ2n) is 5.81. The summed E-state index contributed by atoms with van der Waals surface area (Å²) in [6, 6.07) is 7.99. The lowest BCUT2D eigenvalue weighted by Gasteiger charge is -2.25. The van der Waals surface area contributed by atoms with Crippen molar-refractivity contribution in [3.63, 3.8) is 0 Å². The normalized spacial score (nSPS) is 26.3. The van der Waals surface area contributed by atoms with Gasteiger partial charge in [-0.25, -0.2) is 0 Å². The van der Waals surface area contributed by atoms with Crippen LogP contribution in [0.1, 0.15) is 37.2 Å². The lowest BCUT2D eigenvalue weighted by atomic mass is 9.91. The Bertz CT molecular complexity index is 521. The monoisotopic (exact) mass is 287 g/mol. The number of amides is 2. The molecule has 21 heavy (non-hydrogen) atoms.